The van der Waals surface area contributed by atoms with E-state index in [1.807, 2.05) is 0 Å². The highest BCUT2D eigenvalue weighted by molar-refractivity contribution is 9.10. The van der Waals surface area contributed by atoms with Crippen LogP contribution in [-0.4, -0.2) is 36.6 Å². The summed E-state index contributed by atoms with van der Waals surface area (Å²) in [4.78, 5) is 0. The van der Waals surface area contributed by atoms with Gasteiger partial charge < -0.3 is 27.6 Å². The normalized spacial score (nSPS) is 14.6. The fourth-order valence-electron chi connectivity index (χ4n) is 22.3. The maximum atomic E-state index is 6.40. The maximum absolute atomic E-state index is 6.40. The van der Waals surface area contributed by atoms with Crippen molar-refractivity contribution in [1.29, 1.82) is 0 Å². The molecule has 0 bridgehead atoms. The van der Waals surface area contributed by atoms with Gasteiger partial charge in [-0.1, -0.05) is 317 Å². The number of benzene rings is 20. The third-order valence-corrected chi connectivity index (χ3v) is 29.5. The Labute approximate surface area is 751 Å². The smallest absolute Gasteiger partial charge is 0.399 e. The molecule has 0 unspecified atom stereocenters. The minimum absolute atomic E-state index is 0.0271. The van der Waals surface area contributed by atoms with Crippen LogP contribution in [0.3, 0.4) is 0 Å². The van der Waals surface area contributed by atoms with E-state index in [4.69, 9.17) is 9.31 Å². The van der Waals surface area contributed by atoms with Crippen molar-refractivity contribution in [3.8, 4) is 56.1 Å². The topological polar surface area (TPSA) is 38.2 Å². The van der Waals surface area contributed by atoms with Gasteiger partial charge in [-0.3, -0.25) is 0 Å². The van der Waals surface area contributed by atoms with Gasteiger partial charge >= 0.3 is 7.12 Å². The Morgan fingerprint density at radius 1 is 0.203 bits per heavy atom. The van der Waals surface area contributed by atoms with E-state index in [1.165, 1.54) is 207 Å². The molecule has 20 aromatic carbocycles. The molecule has 0 radical (unpaired) electrons. The summed E-state index contributed by atoms with van der Waals surface area (Å²) in [7, 11) is -0.373. The molecule has 128 heavy (non-hydrogen) atoms. The van der Waals surface area contributed by atoms with E-state index < -0.39 is 0 Å². The van der Waals surface area contributed by atoms with Crippen LogP contribution in [0.4, 0.5) is 0 Å². The van der Waals surface area contributed by atoms with E-state index in [9.17, 15) is 0 Å². The van der Waals surface area contributed by atoms with Gasteiger partial charge in [0.15, 0.2) is 0 Å². The monoisotopic (exact) mass is 1710 g/mol. The SMILES string of the molecule is Brc1cc(-n2c3ccccc3c3ccccc32)cc(-n2c3ccccc3c3ccccc32)c1.CC1(C)c2ccccc2-c2cc3c4ccccc4c4cc(-c5cc(-n6c7ccccc7c7ccccc76)cc(-n6c7ccccc7c7ccccc76)c5)ccc4c3cc21.CC1(C)c2ccccc2-c2cc3c4ccccc4c4cc(B5OC(C)(C)C(C)(C)O5)ccc4c3cc21. The molecule has 4 aromatic heterocycles. The first-order valence-corrected chi connectivity index (χ1v) is 45.5. The van der Waals surface area contributed by atoms with Gasteiger partial charge in [-0.2, -0.15) is 0 Å². The van der Waals surface area contributed by atoms with Crippen LogP contribution in [0.25, 0.3) is 208 Å². The summed E-state index contributed by atoms with van der Waals surface area (Å²) in [5, 5.41) is 25.6. The number of hydrogen-bond acceptors (Lipinski definition) is 2. The van der Waals surface area contributed by atoms with Crippen LogP contribution in [-0.2, 0) is 20.1 Å². The van der Waals surface area contributed by atoms with E-state index in [1.54, 1.807) is 0 Å². The first-order valence-electron chi connectivity index (χ1n) is 44.7. The lowest BCUT2D eigenvalue weighted by Crippen LogP contribution is -2.41. The molecule has 27 rings (SSSR count). The molecule has 0 amide bonds. The highest BCUT2D eigenvalue weighted by Gasteiger charge is 2.52. The molecule has 1 aliphatic heterocycles. The van der Waals surface area contributed by atoms with E-state index in [-0.39, 0.29) is 29.2 Å². The summed E-state index contributed by atoms with van der Waals surface area (Å²) in [6.07, 6.45) is 0. The fourth-order valence-corrected chi connectivity index (χ4v) is 22.7. The molecule has 1 fully saturated rings. The summed E-state index contributed by atoms with van der Waals surface area (Å²) in [5.74, 6) is 0. The molecule has 8 heteroatoms. The molecule has 2 aliphatic carbocycles. The lowest BCUT2D eigenvalue weighted by Gasteiger charge is -2.32. The van der Waals surface area contributed by atoms with Crippen LogP contribution in [0.5, 0.6) is 0 Å². The number of aromatic nitrogens is 4. The Morgan fingerprint density at radius 2 is 0.461 bits per heavy atom. The van der Waals surface area contributed by atoms with Crippen molar-refractivity contribution in [3.05, 3.63) is 415 Å². The van der Waals surface area contributed by atoms with Crippen molar-refractivity contribution in [2.75, 3.05) is 0 Å². The van der Waals surface area contributed by atoms with Gasteiger partial charge in [-0.25, -0.2) is 0 Å². The van der Waals surface area contributed by atoms with Crippen molar-refractivity contribution in [2.45, 2.75) is 77.4 Å². The Morgan fingerprint density at radius 3 is 0.797 bits per heavy atom. The van der Waals surface area contributed by atoms with Crippen LogP contribution < -0.4 is 5.46 Å². The van der Waals surface area contributed by atoms with Gasteiger partial charge in [0.1, 0.15) is 0 Å². The number of rotatable bonds is 6. The standard InChI is InChI=1S/C57H38N2.C33H31BO2.C30H19BrN2/c1-57(2)51-22-10-5-17-42(51)50-33-48-40-16-4-3-15-39(40)47-31-35(27-28-41(47)49(48)34-52(50)57)36-29-37(58-53-23-11-6-18-43(53)44-19-7-12-24-54(44)58)32-38(30-36)59-55-25-13-8-20-45(55)46-21-9-14-26-56(46)59;1-31(2)29-14-10-9-13-24(29)28-18-26-22-12-8-7-11-21(22)25-17-20(15-16-23(25)27(26)19-30(28)31)34-35-32(3,4)33(5,6)36-34;31-20-17-21(32-27-13-5-1-9-23(27)24-10-2-6-14-28(24)32)19-22(18-20)33-29-15-7-3-11-25(29)26-12-4-8-16-30(26)33/h3-34H,1-2H3;7-19H,1-6H3;1-19H. The molecular formula is C120H88BBrN4O2. The third kappa shape index (κ3) is 11.4. The molecule has 24 aromatic rings. The van der Waals surface area contributed by atoms with Gasteiger partial charge in [0.25, 0.3) is 0 Å². The van der Waals surface area contributed by atoms with Crippen LogP contribution >= 0.6 is 15.9 Å². The van der Waals surface area contributed by atoms with E-state index >= 15 is 0 Å². The Bertz CT molecular complexity index is 8400. The first kappa shape index (κ1) is 76.1. The summed E-state index contributed by atoms with van der Waals surface area (Å²) in [6, 6.07) is 143. The summed E-state index contributed by atoms with van der Waals surface area (Å²) < 4.78 is 23.5. The number of hydrogen-bond donors (Lipinski definition) is 0. The number of para-hydroxylation sites is 8. The van der Waals surface area contributed by atoms with Crippen molar-refractivity contribution >= 4 is 180 Å². The molecule has 5 heterocycles. The van der Waals surface area contributed by atoms with Crippen molar-refractivity contribution < 1.29 is 9.31 Å². The van der Waals surface area contributed by atoms with Gasteiger partial charge in [-0.05, 0) is 269 Å². The number of halogens is 1. The lowest BCUT2D eigenvalue weighted by molar-refractivity contribution is 0.00578. The van der Waals surface area contributed by atoms with Crippen LogP contribution in [0.2, 0.25) is 0 Å². The highest BCUT2D eigenvalue weighted by Crippen LogP contribution is 2.55. The highest BCUT2D eigenvalue weighted by atomic mass is 79.9. The second kappa shape index (κ2) is 28.3. The lowest BCUT2D eigenvalue weighted by atomic mass is 9.77. The average Bonchev–Trinajstić information content (AvgIpc) is 1.49. The predicted octanol–water partition coefficient (Wildman–Crippen LogP) is 31.7. The number of nitrogens with zero attached hydrogens (tertiary/aromatic N) is 4. The zero-order valence-corrected chi connectivity index (χ0v) is 74.1. The average molecular weight is 1710 g/mol. The van der Waals surface area contributed by atoms with Crippen molar-refractivity contribution in [3.63, 3.8) is 0 Å². The second-order valence-corrected chi connectivity index (χ2v) is 38.3. The minimum Gasteiger partial charge on any atom is -0.399 e. The Balaban J connectivity index is 0.000000111. The fraction of sp³-hybridized carbons (Fsp3) is 0.100. The summed E-state index contributed by atoms with van der Waals surface area (Å²) >= 11 is 3.81. The molecule has 6 nitrogen and oxygen atoms in total. The molecule has 0 atom stereocenters. The molecule has 610 valence electrons. The van der Waals surface area contributed by atoms with Crippen LogP contribution in [0, 0.1) is 0 Å². The second-order valence-electron chi connectivity index (χ2n) is 37.4. The molecule has 1 saturated heterocycles. The summed E-state index contributed by atoms with van der Waals surface area (Å²) in [6.45, 7) is 17.9. The van der Waals surface area contributed by atoms with Gasteiger partial charge in [0.2, 0.25) is 0 Å². The zero-order valence-electron chi connectivity index (χ0n) is 72.5. The molecular weight excluding hydrogens is 1620 g/mol. The number of fused-ring (bicyclic) bond motifs is 30. The first-order chi connectivity index (χ1) is 62.4. The molecule has 0 saturated carbocycles. The third-order valence-electron chi connectivity index (χ3n) is 29.1. The molecule has 0 spiro atoms. The quantitative estimate of drug-likeness (QED) is 0.123. The molecule has 3 aliphatic rings. The van der Waals surface area contributed by atoms with Gasteiger partial charge in [0, 0.05) is 81.1 Å². The minimum atomic E-state index is -0.373. The van der Waals surface area contributed by atoms with Crippen molar-refractivity contribution in [1.82, 2.24) is 18.3 Å². The van der Waals surface area contributed by atoms with E-state index in [0.717, 1.165) is 32.7 Å². The largest absolute Gasteiger partial charge is 0.494 e. The van der Waals surface area contributed by atoms with E-state index in [2.05, 4.69) is 478 Å². The maximum Gasteiger partial charge on any atom is 0.494 e. The van der Waals surface area contributed by atoms with Crippen LogP contribution in [0.1, 0.15) is 77.6 Å². The Hall–Kier alpha value is -14.4. The predicted molar refractivity (Wildman–Crippen MR) is 546 cm³/mol. The van der Waals surface area contributed by atoms with Crippen molar-refractivity contribution in [2.24, 2.45) is 0 Å². The van der Waals surface area contributed by atoms with Gasteiger partial charge in [-0.15, -0.1) is 0 Å². The van der Waals surface area contributed by atoms with Gasteiger partial charge in [0.05, 0.1) is 55.3 Å². The zero-order chi connectivity index (χ0) is 86.0. The van der Waals surface area contributed by atoms with E-state index in [0.29, 0.717) is 0 Å². The van der Waals surface area contributed by atoms with Crippen LogP contribution in [0.15, 0.2) is 393 Å². The summed E-state index contributed by atoms with van der Waals surface area (Å²) in [5.41, 5.74) is 27.9. The molecule has 0 N–H and O–H groups in total. The Kier molecular flexibility index (Phi) is 16.8.